The molecule has 0 atom stereocenters. The molecule has 76 valence electrons. The molecular weight excluding hydrogens is 168 g/mol. The van der Waals surface area contributed by atoms with Gasteiger partial charge in [0.2, 0.25) is 0 Å². The maximum absolute atomic E-state index is 9.40. The van der Waals surface area contributed by atoms with Crippen molar-refractivity contribution >= 4 is 12.3 Å². The monoisotopic (exact) mass is 186 g/mol. The van der Waals surface area contributed by atoms with Crippen molar-refractivity contribution in [1.82, 2.24) is 0 Å². The predicted octanol–water partition coefficient (Wildman–Crippen LogP) is 2.43. The molecule has 0 rings (SSSR count). The molecule has 0 saturated carbocycles. The van der Waals surface area contributed by atoms with Gasteiger partial charge in [-0.05, 0) is 6.42 Å². The van der Waals surface area contributed by atoms with E-state index in [-0.39, 0.29) is 0 Å². The van der Waals surface area contributed by atoms with Gasteiger partial charge in [-0.15, -0.1) is 0 Å². The summed E-state index contributed by atoms with van der Waals surface area (Å²) in [7, 11) is 0. The quantitative estimate of drug-likeness (QED) is 0.544. The smallest absolute Gasteiger partial charge is 0.300 e. The summed E-state index contributed by atoms with van der Waals surface area (Å²) in [6.45, 7) is 9.79. The molecule has 0 unspecified atom stereocenters. The molecule has 0 aromatic heterocycles. The van der Waals surface area contributed by atoms with Gasteiger partial charge in [0.25, 0.3) is 5.97 Å². The van der Waals surface area contributed by atoms with Crippen molar-refractivity contribution in [3.05, 3.63) is 25.3 Å². The Labute approximate surface area is 79.8 Å². The van der Waals surface area contributed by atoms with Crippen LogP contribution in [-0.4, -0.2) is 17.4 Å². The highest BCUT2D eigenvalue weighted by Crippen LogP contribution is 1.74. The molecule has 0 aromatic carbocycles. The van der Waals surface area contributed by atoms with Crippen LogP contribution in [0.4, 0.5) is 0 Å². The van der Waals surface area contributed by atoms with Gasteiger partial charge in [-0.3, -0.25) is 4.79 Å². The van der Waals surface area contributed by atoms with Gasteiger partial charge < -0.3 is 9.90 Å². The standard InChI is InChI=1S/C4H8O.C4H6.C2H4O2/c1-2-3-4-5;1-3-4-2;1-2(3)4/h4H,2-3H2,1H3;3-4H,1-2H2;1H3,(H,3,4). The molecular formula is C10H18O3. The van der Waals surface area contributed by atoms with Gasteiger partial charge in [-0.2, -0.15) is 0 Å². The molecule has 3 heteroatoms. The van der Waals surface area contributed by atoms with Crippen molar-refractivity contribution < 1.29 is 14.7 Å². The molecule has 0 fully saturated rings. The largest absolute Gasteiger partial charge is 0.481 e. The number of unbranched alkanes of at least 4 members (excludes halogenated alkanes) is 1. The van der Waals surface area contributed by atoms with Crippen molar-refractivity contribution in [3.8, 4) is 0 Å². The summed E-state index contributed by atoms with van der Waals surface area (Å²) in [5, 5.41) is 7.42. The Morgan fingerprint density at radius 1 is 1.38 bits per heavy atom. The zero-order valence-corrected chi connectivity index (χ0v) is 8.32. The Morgan fingerprint density at radius 2 is 1.69 bits per heavy atom. The molecule has 0 amide bonds. The first-order chi connectivity index (χ1) is 6.06. The van der Waals surface area contributed by atoms with E-state index in [4.69, 9.17) is 9.90 Å². The fourth-order valence-corrected chi connectivity index (χ4v) is 0.118. The SMILES string of the molecule is C=CC=C.CC(=O)O.CCCC=O. The molecule has 0 aliphatic carbocycles. The number of allylic oxidation sites excluding steroid dienone is 2. The molecule has 3 nitrogen and oxygen atoms in total. The zero-order chi connectivity index (χ0) is 11.1. The second kappa shape index (κ2) is 22.4. The molecule has 0 bridgehead atoms. The lowest BCUT2D eigenvalue weighted by atomic mass is 10.4. The Bertz CT molecular complexity index is 129. The van der Waals surface area contributed by atoms with Crippen LogP contribution in [0, 0.1) is 0 Å². The number of carboxylic acid groups (broad SMARTS) is 1. The van der Waals surface area contributed by atoms with Crippen LogP contribution in [0.15, 0.2) is 25.3 Å². The van der Waals surface area contributed by atoms with E-state index in [2.05, 4.69) is 13.2 Å². The van der Waals surface area contributed by atoms with E-state index in [1.807, 2.05) is 6.92 Å². The van der Waals surface area contributed by atoms with Gasteiger partial charge in [0.1, 0.15) is 6.29 Å². The van der Waals surface area contributed by atoms with Crippen molar-refractivity contribution in [2.45, 2.75) is 26.7 Å². The zero-order valence-electron chi connectivity index (χ0n) is 8.32. The van der Waals surface area contributed by atoms with Crippen LogP contribution in [0.5, 0.6) is 0 Å². The Balaban J connectivity index is -0.000000117. The Kier molecular flexibility index (Phi) is 30.4. The Morgan fingerprint density at radius 3 is 1.69 bits per heavy atom. The van der Waals surface area contributed by atoms with Crippen LogP contribution in [0.3, 0.4) is 0 Å². The second-order valence-electron chi connectivity index (χ2n) is 1.95. The summed E-state index contributed by atoms with van der Waals surface area (Å²) < 4.78 is 0. The number of rotatable bonds is 3. The summed E-state index contributed by atoms with van der Waals surface area (Å²) in [4.78, 5) is 18.4. The van der Waals surface area contributed by atoms with Crippen molar-refractivity contribution in [1.29, 1.82) is 0 Å². The highest BCUT2D eigenvalue weighted by Gasteiger charge is 1.66. The number of aliphatic carboxylic acids is 1. The first kappa shape index (κ1) is 17.6. The third-order valence-corrected chi connectivity index (χ3v) is 0.573. The van der Waals surface area contributed by atoms with Crippen LogP contribution in [0.1, 0.15) is 26.7 Å². The molecule has 13 heavy (non-hydrogen) atoms. The molecule has 0 radical (unpaired) electrons. The molecule has 0 spiro atoms. The number of carbonyl (C=O) groups excluding carboxylic acids is 1. The molecule has 0 saturated heterocycles. The third-order valence-electron chi connectivity index (χ3n) is 0.573. The van der Waals surface area contributed by atoms with E-state index < -0.39 is 5.97 Å². The first-order valence-corrected chi connectivity index (χ1v) is 3.93. The van der Waals surface area contributed by atoms with E-state index in [9.17, 15) is 4.79 Å². The minimum atomic E-state index is -0.833. The van der Waals surface area contributed by atoms with Crippen LogP contribution in [0.25, 0.3) is 0 Å². The van der Waals surface area contributed by atoms with Crippen LogP contribution < -0.4 is 0 Å². The molecule has 1 N–H and O–H groups in total. The lowest BCUT2D eigenvalue weighted by Gasteiger charge is -1.68. The maximum atomic E-state index is 9.40. The van der Waals surface area contributed by atoms with E-state index in [0.717, 1.165) is 19.6 Å². The minimum absolute atomic E-state index is 0.708. The van der Waals surface area contributed by atoms with Gasteiger partial charge in [-0.1, -0.05) is 32.2 Å². The average Bonchev–Trinajstić information content (AvgIpc) is 2.05. The first-order valence-electron chi connectivity index (χ1n) is 3.93. The summed E-state index contributed by atoms with van der Waals surface area (Å²) in [5.41, 5.74) is 0. The van der Waals surface area contributed by atoms with Crippen molar-refractivity contribution in [2.75, 3.05) is 0 Å². The highest BCUT2D eigenvalue weighted by atomic mass is 16.4. The predicted molar refractivity (Wildman–Crippen MR) is 54.7 cm³/mol. The second-order valence-corrected chi connectivity index (χ2v) is 1.95. The van der Waals surface area contributed by atoms with Crippen LogP contribution >= 0.6 is 0 Å². The van der Waals surface area contributed by atoms with Crippen LogP contribution in [-0.2, 0) is 9.59 Å². The van der Waals surface area contributed by atoms with Crippen molar-refractivity contribution in [2.24, 2.45) is 0 Å². The summed E-state index contributed by atoms with van der Waals surface area (Å²) >= 11 is 0. The normalized spacial score (nSPS) is 6.31. The van der Waals surface area contributed by atoms with E-state index in [0.29, 0.717) is 6.42 Å². The van der Waals surface area contributed by atoms with Gasteiger partial charge in [0, 0.05) is 13.3 Å². The molecule has 0 aliphatic heterocycles. The number of hydrogen-bond acceptors (Lipinski definition) is 2. The molecule has 0 aliphatic rings. The maximum Gasteiger partial charge on any atom is 0.300 e. The van der Waals surface area contributed by atoms with Gasteiger partial charge in [-0.25, -0.2) is 0 Å². The van der Waals surface area contributed by atoms with E-state index in [1.165, 1.54) is 0 Å². The average molecular weight is 186 g/mol. The number of aldehydes is 1. The molecule has 0 heterocycles. The fraction of sp³-hybridized carbons (Fsp3) is 0.400. The minimum Gasteiger partial charge on any atom is -0.481 e. The summed E-state index contributed by atoms with van der Waals surface area (Å²) in [6.07, 6.45) is 5.89. The molecule has 0 aromatic rings. The summed E-state index contributed by atoms with van der Waals surface area (Å²) in [6, 6.07) is 0. The van der Waals surface area contributed by atoms with Gasteiger partial charge in [0.15, 0.2) is 0 Å². The number of carbonyl (C=O) groups is 2. The third kappa shape index (κ3) is 301. The number of carboxylic acids is 1. The fourth-order valence-electron chi connectivity index (χ4n) is 0.118. The van der Waals surface area contributed by atoms with E-state index >= 15 is 0 Å². The van der Waals surface area contributed by atoms with Crippen LogP contribution in [0.2, 0.25) is 0 Å². The summed E-state index contributed by atoms with van der Waals surface area (Å²) in [5.74, 6) is -0.833. The highest BCUT2D eigenvalue weighted by molar-refractivity contribution is 5.62. The lowest BCUT2D eigenvalue weighted by molar-refractivity contribution is -0.134. The lowest BCUT2D eigenvalue weighted by Crippen LogP contribution is -1.78. The van der Waals surface area contributed by atoms with Crippen molar-refractivity contribution in [3.63, 3.8) is 0 Å². The topological polar surface area (TPSA) is 54.4 Å². The Hall–Kier alpha value is -1.38. The van der Waals surface area contributed by atoms with Gasteiger partial charge in [0.05, 0.1) is 0 Å². The van der Waals surface area contributed by atoms with Gasteiger partial charge >= 0.3 is 0 Å². The van der Waals surface area contributed by atoms with E-state index in [1.54, 1.807) is 12.2 Å². The number of hydrogen-bond donors (Lipinski definition) is 1.